The van der Waals surface area contributed by atoms with Crippen molar-refractivity contribution in [2.24, 2.45) is 0 Å². The van der Waals surface area contributed by atoms with Gasteiger partial charge in [0.15, 0.2) is 0 Å². The van der Waals surface area contributed by atoms with Crippen LogP contribution in [0.25, 0.3) is 0 Å². The standard InChI is InChI=1S/C23H23N3O2/c1-15-6-4-7-18(12-15)14-24-22(27)19-8-5-9-20(25-19)23(28)26-21-13-16(2)10-11-17(21)3/h4-13H,14H2,1-3H3,(H,24,27)(H,26,28). The van der Waals surface area contributed by atoms with Crippen LogP contribution >= 0.6 is 0 Å². The molecule has 142 valence electrons. The number of pyridine rings is 1. The van der Waals surface area contributed by atoms with Crippen LogP contribution in [0.2, 0.25) is 0 Å². The largest absolute Gasteiger partial charge is 0.347 e. The molecule has 1 heterocycles. The number of hydrogen-bond donors (Lipinski definition) is 2. The molecule has 0 fully saturated rings. The summed E-state index contributed by atoms with van der Waals surface area (Å²) in [5.74, 6) is -0.662. The number of benzene rings is 2. The third kappa shape index (κ3) is 4.82. The van der Waals surface area contributed by atoms with Gasteiger partial charge in [0.2, 0.25) is 0 Å². The lowest BCUT2D eigenvalue weighted by Gasteiger charge is -2.10. The zero-order valence-electron chi connectivity index (χ0n) is 16.2. The van der Waals surface area contributed by atoms with E-state index in [2.05, 4.69) is 15.6 Å². The molecule has 2 N–H and O–H groups in total. The average molecular weight is 373 g/mol. The first-order chi connectivity index (χ1) is 13.4. The second-order valence-electron chi connectivity index (χ2n) is 6.85. The monoisotopic (exact) mass is 373 g/mol. The molecule has 3 rings (SSSR count). The van der Waals surface area contributed by atoms with Gasteiger partial charge < -0.3 is 10.6 Å². The Balaban J connectivity index is 1.69. The summed E-state index contributed by atoms with van der Waals surface area (Å²) in [5.41, 5.74) is 5.31. The molecule has 5 nitrogen and oxygen atoms in total. The van der Waals surface area contributed by atoms with Crippen LogP contribution in [-0.4, -0.2) is 16.8 Å². The van der Waals surface area contributed by atoms with Crippen LogP contribution in [0, 0.1) is 20.8 Å². The van der Waals surface area contributed by atoms with E-state index in [4.69, 9.17) is 0 Å². The Bertz CT molecular complexity index is 1030. The average Bonchev–Trinajstić information content (AvgIpc) is 2.69. The molecule has 0 aliphatic heterocycles. The Kier molecular flexibility index (Phi) is 5.84. The second kappa shape index (κ2) is 8.48. The van der Waals surface area contributed by atoms with Crippen molar-refractivity contribution in [3.8, 4) is 0 Å². The highest BCUT2D eigenvalue weighted by atomic mass is 16.2. The van der Waals surface area contributed by atoms with Gasteiger partial charge in [-0.25, -0.2) is 4.98 Å². The molecule has 0 atom stereocenters. The number of rotatable bonds is 5. The molecule has 3 aromatic rings. The summed E-state index contributed by atoms with van der Waals surface area (Å²) in [6.45, 7) is 6.30. The van der Waals surface area contributed by atoms with E-state index in [1.165, 1.54) is 0 Å². The van der Waals surface area contributed by atoms with Crippen molar-refractivity contribution < 1.29 is 9.59 Å². The van der Waals surface area contributed by atoms with Crippen molar-refractivity contribution in [1.29, 1.82) is 0 Å². The molecule has 1 aromatic heterocycles. The summed E-state index contributed by atoms with van der Waals surface area (Å²) in [4.78, 5) is 29.2. The van der Waals surface area contributed by atoms with Crippen molar-refractivity contribution in [2.45, 2.75) is 27.3 Å². The highest BCUT2D eigenvalue weighted by molar-refractivity contribution is 6.04. The van der Waals surface area contributed by atoms with Crippen LogP contribution in [-0.2, 0) is 6.54 Å². The van der Waals surface area contributed by atoms with Crippen LogP contribution < -0.4 is 10.6 Å². The molecule has 0 unspecified atom stereocenters. The normalized spacial score (nSPS) is 10.4. The third-order valence-corrected chi connectivity index (χ3v) is 4.39. The summed E-state index contributed by atoms with van der Waals surface area (Å²) in [6.07, 6.45) is 0. The van der Waals surface area contributed by atoms with Crippen LogP contribution in [0.3, 0.4) is 0 Å². The molecule has 0 saturated carbocycles. The minimum absolute atomic E-state index is 0.198. The molecule has 0 radical (unpaired) electrons. The number of nitrogens with zero attached hydrogens (tertiary/aromatic N) is 1. The first kappa shape index (κ1) is 19.3. The number of nitrogens with one attached hydrogen (secondary N) is 2. The fourth-order valence-corrected chi connectivity index (χ4v) is 2.84. The van der Waals surface area contributed by atoms with Crippen LogP contribution in [0.1, 0.15) is 43.2 Å². The molecule has 0 aliphatic carbocycles. The van der Waals surface area contributed by atoms with Crippen LogP contribution in [0.4, 0.5) is 5.69 Å². The van der Waals surface area contributed by atoms with E-state index < -0.39 is 0 Å². The second-order valence-corrected chi connectivity index (χ2v) is 6.85. The fourth-order valence-electron chi connectivity index (χ4n) is 2.84. The smallest absolute Gasteiger partial charge is 0.274 e. The zero-order chi connectivity index (χ0) is 20.1. The number of amides is 2. The third-order valence-electron chi connectivity index (χ3n) is 4.39. The molecule has 5 heteroatoms. The van der Waals surface area contributed by atoms with E-state index in [1.54, 1.807) is 18.2 Å². The molecular weight excluding hydrogens is 350 g/mol. The Morgan fingerprint density at radius 2 is 1.50 bits per heavy atom. The molecule has 0 spiro atoms. The first-order valence-corrected chi connectivity index (χ1v) is 9.12. The van der Waals surface area contributed by atoms with Crippen molar-refractivity contribution in [3.63, 3.8) is 0 Å². The molecule has 0 bridgehead atoms. The summed E-state index contributed by atoms with van der Waals surface area (Å²) in [5, 5.41) is 5.71. The lowest BCUT2D eigenvalue weighted by atomic mass is 10.1. The number of carbonyl (C=O) groups is 2. The predicted octanol–water partition coefficient (Wildman–Crippen LogP) is 4.19. The summed E-state index contributed by atoms with van der Waals surface area (Å²) < 4.78 is 0. The summed E-state index contributed by atoms with van der Waals surface area (Å²) in [7, 11) is 0. The van der Waals surface area contributed by atoms with Crippen molar-refractivity contribution in [1.82, 2.24) is 10.3 Å². The number of hydrogen-bond acceptors (Lipinski definition) is 3. The number of aryl methyl sites for hydroxylation is 3. The van der Waals surface area contributed by atoms with Gasteiger partial charge in [0.25, 0.3) is 11.8 Å². The minimum Gasteiger partial charge on any atom is -0.347 e. The Morgan fingerprint density at radius 3 is 2.25 bits per heavy atom. The maximum absolute atomic E-state index is 12.6. The van der Waals surface area contributed by atoms with Gasteiger partial charge >= 0.3 is 0 Å². The molecule has 2 amide bonds. The quantitative estimate of drug-likeness (QED) is 0.704. The predicted molar refractivity (Wildman–Crippen MR) is 110 cm³/mol. The van der Waals surface area contributed by atoms with E-state index in [-0.39, 0.29) is 23.2 Å². The first-order valence-electron chi connectivity index (χ1n) is 9.12. The number of carbonyl (C=O) groups excluding carboxylic acids is 2. The fraction of sp³-hybridized carbons (Fsp3) is 0.174. The van der Waals surface area contributed by atoms with Crippen LogP contribution in [0.5, 0.6) is 0 Å². The summed E-state index contributed by atoms with van der Waals surface area (Å²) in [6, 6.07) is 18.6. The Morgan fingerprint density at radius 1 is 0.821 bits per heavy atom. The van der Waals surface area contributed by atoms with Crippen LogP contribution in [0.15, 0.2) is 60.7 Å². The van der Waals surface area contributed by atoms with E-state index in [1.807, 2.05) is 63.2 Å². The lowest BCUT2D eigenvalue weighted by molar-refractivity contribution is 0.0945. The number of aromatic nitrogens is 1. The van der Waals surface area contributed by atoms with Crippen molar-refractivity contribution >= 4 is 17.5 Å². The highest BCUT2D eigenvalue weighted by Crippen LogP contribution is 2.17. The van der Waals surface area contributed by atoms with Gasteiger partial charge in [-0.1, -0.05) is 48.0 Å². The van der Waals surface area contributed by atoms with E-state index >= 15 is 0 Å². The van der Waals surface area contributed by atoms with E-state index in [9.17, 15) is 9.59 Å². The van der Waals surface area contributed by atoms with Gasteiger partial charge in [0.05, 0.1) is 0 Å². The SMILES string of the molecule is Cc1cccc(CNC(=O)c2cccc(C(=O)Nc3cc(C)ccc3C)n2)c1. The zero-order valence-corrected chi connectivity index (χ0v) is 16.2. The highest BCUT2D eigenvalue weighted by Gasteiger charge is 2.13. The molecule has 28 heavy (non-hydrogen) atoms. The van der Waals surface area contributed by atoms with Gasteiger partial charge in [-0.05, 0) is 55.7 Å². The molecule has 0 saturated heterocycles. The van der Waals surface area contributed by atoms with Crippen molar-refractivity contribution in [3.05, 3.63) is 94.3 Å². The Labute approximate surface area is 164 Å². The maximum atomic E-state index is 12.6. The van der Waals surface area contributed by atoms with Gasteiger partial charge in [0, 0.05) is 12.2 Å². The van der Waals surface area contributed by atoms with Gasteiger partial charge in [-0.2, -0.15) is 0 Å². The van der Waals surface area contributed by atoms with Crippen molar-refractivity contribution in [2.75, 3.05) is 5.32 Å². The molecule has 0 aliphatic rings. The molecule has 2 aromatic carbocycles. The maximum Gasteiger partial charge on any atom is 0.274 e. The Hall–Kier alpha value is -3.47. The molecular formula is C23H23N3O2. The van der Waals surface area contributed by atoms with E-state index in [0.717, 1.165) is 27.9 Å². The van der Waals surface area contributed by atoms with Gasteiger partial charge in [-0.15, -0.1) is 0 Å². The van der Waals surface area contributed by atoms with Gasteiger partial charge in [0.1, 0.15) is 11.4 Å². The van der Waals surface area contributed by atoms with E-state index in [0.29, 0.717) is 6.54 Å². The summed E-state index contributed by atoms with van der Waals surface area (Å²) >= 11 is 0. The number of anilines is 1. The topological polar surface area (TPSA) is 71.1 Å². The van der Waals surface area contributed by atoms with Gasteiger partial charge in [-0.3, -0.25) is 9.59 Å². The minimum atomic E-state index is -0.345. The lowest BCUT2D eigenvalue weighted by Crippen LogP contribution is -2.25.